The summed E-state index contributed by atoms with van der Waals surface area (Å²) in [6, 6.07) is 0. The molecule has 0 radical (unpaired) electrons. The van der Waals surface area contributed by atoms with Crippen molar-refractivity contribution in [3.8, 4) is 0 Å². The lowest BCUT2D eigenvalue weighted by molar-refractivity contribution is -0.240. The summed E-state index contributed by atoms with van der Waals surface area (Å²) in [7, 11) is 0. The zero-order chi connectivity index (χ0) is 23.2. The Morgan fingerprint density at radius 1 is 1.19 bits per heavy atom. The highest BCUT2D eigenvalue weighted by Crippen LogP contribution is 2.71. The number of ketones is 2. The van der Waals surface area contributed by atoms with E-state index >= 15 is 0 Å². The Bertz CT molecular complexity index is 908. The maximum absolute atomic E-state index is 13.5. The van der Waals surface area contributed by atoms with Gasteiger partial charge < -0.3 is 19.3 Å². The molecule has 176 valence electrons. The monoisotopic (exact) mass is 446 g/mol. The summed E-state index contributed by atoms with van der Waals surface area (Å²) in [4.78, 5) is 36.4. The minimum atomic E-state index is -1.20. The van der Waals surface area contributed by atoms with Crippen molar-refractivity contribution < 1.29 is 33.7 Å². The van der Waals surface area contributed by atoms with Gasteiger partial charge in [0.15, 0.2) is 23.8 Å². The molecule has 1 saturated heterocycles. The molecule has 7 atom stereocenters. The third kappa shape index (κ3) is 2.56. The molecule has 4 fully saturated rings. The van der Waals surface area contributed by atoms with E-state index in [1.54, 1.807) is 6.08 Å². The molecule has 0 amide bonds. The highest BCUT2D eigenvalue weighted by Gasteiger charge is 2.77. The van der Waals surface area contributed by atoms with Gasteiger partial charge in [0.2, 0.25) is 5.78 Å². The molecule has 4 aliphatic carbocycles. The fourth-order valence-corrected chi connectivity index (χ4v) is 8.33. The number of carbonyl (C=O) groups is 3. The van der Waals surface area contributed by atoms with E-state index in [1.807, 2.05) is 13.8 Å². The van der Waals surface area contributed by atoms with Crippen LogP contribution in [0.1, 0.15) is 72.6 Å². The van der Waals surface area contributed by atoms with Gasteiger partial charge in [-0.25, -0.2) is 0 Å². The molecule has 5 aliphatic rings. The van der Waals surface area contributed by atoms with E-state index in [1.165, 1.54) is 0 Å². The first kappa shape index (κ1) is 22.2. The van der Waals surface area contributed by atoms with Crippen molar-refractivity contribution >= 4 is 18.0 Å². The van der Waals surface area contributed by atoms with E-state index in [0.717, 1.165) is 18.4 Å². The van der Waals surface area contributed by atoms with Crippen LogP contribution in [0.2, 0.25) is 0 Å². The van der Waals surface area contributed by atoms with Crippen LogP contribution in [0.3, 0.4) is 0 Å². The first-order chi connectivity index (χ1) is 14.9. The molecule has 7 heteroatoms. The molecular weight excluding hydrogens is 412 g/mol. The lowest BCUT2D eigenvalue weighted by Crippen LogP contribution is -2.66. The van der Waals surface area contributed by atoms with Crippen LogP contribution in [-0.2, 0) is 28.6 Å². The van der Waals surface area contributed by atoms with Crippen molar-refractivity contribution in [1.29, 1.82) is 0 Å². The van der Waals surface area contributed by atoms with Gasteiger partial charge in [0.05, 0.1) is 11.7 Å². The van der Waals surface area contributed by atoms with Gasteiger partial charge in [0, 0.05) is 17.3 Å². The maximum Gasteiger partial charge on any atom is 0.293 e. The molecule has 0 aromatic heterocycles. The Morgan fingerprint density at radius 2 is 1.94 bits per heavy atom. The topological polar surface area (TPSA) is 99.1 Å². The number of hydrogen-bond acceptors (Lipinski definition) is 7. The Labute approximate surface area is 188 Å². The highest BCUT2D eigenvalue weighted by molar-refractivity contribution is 5.92. The second-order valence-electron chi connectivity index (χ2n) is 11.5. The Kier molecular flexibility index (Phi) is 4.68. The minimum absolute atomic E-state index is 0.0193. The van der Waals surface area contributed by atoms with Crippen molar-refractivity contribution in [3.05, 3.63) is 11.6 Å². The molecular formula is C25H34O7. The minimum Gasteiger partial charge on any atom is -0.460 e. The van der Waals surface area contributed by atoms with Crippen LogP contribution < -0.4 is 0 Å². The van der Waals surface area contributed by atoms with Crippen LogP contribution in [0.25, 0.3) is 0 Å². The third-order valence-electron chi connectivity index (χ3n) is 9.84. The van der Waals surface area contributed by atoms with Crippen LogP contribution in [0.4, 0.5) is 0 Å². The van der Waals surface area contributed by atoms with Crippen LogP contribution in [0.5, 0.6) is 0 Å². The number of Topliss-reactive ketones (excluding diaryl/α,β-unsaturated/α-hetero) is 1. The summed E-state index contributed by atoms with van der Waals surface area (Å²) >= 11 is 0. The number of aliphatic hydroxyl groups is 1. The van der Waals surface area contributed by atoms with E-state index in [4.69, 9.17) is 14.2 Å². The molecule has 0 unspecified atom stereocenters. The van der Waals surface area contributed by atoms with Crippen molar-refractivity contribution in [2.75, 3.05) is 6.61 Å². The Balaban J connectivity index is 1.56. The normalized spacial score (nSPS) is 48.7. The average molecular weight is 447 g/mol. The molecule has 1 aliphatic heterocycles. The van der Waals surface area contributed by atoms with Gasteiger partial charge in [0.1, 0.15) is 0 Å². The van der Waals surface area contributed by atoms with Crippen molar-refractivity contribution in [1.82, 2.24) is 0 Å². The largest absolute Gasteiger partial charge is 0.460 e. The smallest absolute Gasteiger partial charge is 0.293 e. The van der Waals surface area contributed by atoms with E-state index in [2.05, 4.69) is 13.8 Å². The van der Waals surface area contributed by atoms with Gasteiger partial charge in [-0.05, 0) is 70.3 Å². The number of fused-ring (bicyclic) bond motifs is 7. The number of hydrogen-bond donors (Lipinski definition) is 1. The van der Waals surface area contributed by atoms with Gasteiger partial charge in [-0.3, -0.25) is 14.4 Å². The van der Waals surface area contributed by atoms with Gasteiger partial charge >= 0.3 is 0 Å². The summed E-state index contributed by atoms with van der Waals surface area (Å²) in [5.74, 6) is -1.02. The molecule has 5 rings (SSSR count). The fraction of sp³-hybridized carbons (Fsp3) is 0.800. The van der Waals surface area contributed by atoms with Crippen molar-refractivity contribution in [3.63, 3.8) is 0 Å². The molecule has 1 N–H and O–H groups in total. The summed E-state index contributed by atoms with van der Waals surface area (Å²) in [6.45, 7) is 7.79. The summed E-state index contributed by atoms with van der Waals surface area (Å²) in [5, 5.41) is 12.2. The molecule has 7 nitrogen and oxygen atoms in total. The second-order valence-corrected chi connectivity index (χ2v) is 11.5. The second kappa shape index (κ2) is 6.73. The van der Waals surface area contributed by atoms with E-state index < -0.39 is 33.9 Å². The van der Waals surface area contributed by atoms with E-state index in [9.17, 15) is 19.5 Å². The molecule has 3 saturated carbocycles. The average Bonchev–Trinajstić information content (AvgIpc) is 3.14. The first-order valence-corrected chi connectivity index (χ1v) is 11.9. The predicted molar refractivity (Wildman–Crippen MR) is 113 cm³/mol. The number of rotatable bonds is 4. The molecule has 32 heavy (non-hydrogen) atoms. The standard InChI is InChI=1S/C25H34O7/c1-21(2)31-20-12-18-17-6-5-15-11-16(27)7-8-22(15,3)24(17,29)10-9-23(18,4)25(20,32-21)19(28)13-30-14-26/h11,14,17-18,20,29H,5-10,12-13H2,1-4H3/t17-,18-,20+,22-,23-,24+,25+/m0/s1. The maximum atomic E-state index is 13.5. The number of carbonyl (C=O) groups excluding carboxylic acids is 3. The lowest BCUT2D eigenvalue weighted by atomic mass is 9.44. The summed E-state index contributed by atoms with van der Waals surface area (Å²) in [5.41, 5.74) is -2.03. The van der Waals surface area contributed by atoms with Crippen molar-refractivity contribution in [2.45, 2.75) is 95.7 Å². The zero-order valence-electron chi connectivity index (χ0n) is 19.4. The van der Waals surface area contributed by atoms with E-state index in [0.29, 0.717) is 38.6 Å². The third-order valence-corrected chi connectivity index (χ3v) is 9.84. The van der Waals surface area contributed by atoms with Crippen LogP contribution in [0, 0.1) is 22.7 Å². The molecule has 0 aromatic carbocycles. The van der Waals surface area contributed by atoms with E-state index in [-0.39, 0.29) is 30.0 Å². The lowest BCUT2D eigenvalue weighted by Gasteiger charge is -2.63. The van der Waals surface area contributed by atoms with Gasteiger partial charge in [0.25, 0.3) is 6.47 Å². The first-order valence-electron chi connectivity index (χ1n) is 11.9. The molecule has 1 heterocycles. The quantitative estimate of drug-likeness (QED) is 0.663. The van der Waals surface area contributed by atoms with Crippen LogP contribution >= 0.6 is 0 Å². The predicted octanol–water partition coefficient (Wildman–Crippen LogP) is 2.88. The van der Waals surface area contributed by atoms with Gasteiger partial charge in [-0.2, -0.15) is 0 Å². The molecule has 0 bridgehead atoms. The molecule has 0 aromatic rings. The summed E-state index contributed by atoms with van der Waals surface area (Å²) < 4.78 is 17.6. The van der Waals surface area contributed by atoms with Gasteiger partial charge in [-0.1, -0.05) is 19.4 Å². The number of ether oxygens (including phenoxy) is 3. The van der Waals surface area contributed by atoms with Crippen LogP contribution in [0.15, 0.2) is 11.6 Å². The van der Waals surface area contributed by atoms with Gasteiger partial charge in [-0.15, -0.1) is 0 Å². The Morgan fingerprint density at radius 3 is 2.66 bits per heavy atom. The summed E-state index contributed by atoms with van der Waals surface area (Å²) in [6.07, 6.45) is 5.76. The zero-order valence-corrected chi connectivity index (χ0v) is 19.4. The van der Waals surface area contributed by atoms with Crippen molar-refractivity contribution in [2.24, 2.45) is 22.7 Å². The highest BCUT2D eigenvalue weighted by atomic mass is 16.8. The Hall–Kier alpha value is -1.57. The SMILES string of the molecule is CC1(C)O[C@@H]2C[C@H]3[C@@H]4CCC5=CC(=O)CC[C@]5(C)[C@@]4(O)CC[C@]3(C)[C@]2(C(=O)COC=O)O1. The molecule has 0 spiro atoms. The van der Waals surface area contributed by atoms with Crippen LogP contribution in [-0.4, -0.2) is 52.8 Å². The fourth-order valence-electron chi connectivity index (χ4n) is 8.33.